The summed E-state index contributed by atoms with van der Waals surface area (Å²) in [4.78, 5) is 8.93. The van der Waals surface area contributed by atoms with Gasteiger partial charge in [0.2, 0.25) is 0 Å². The third-order valence-electron chi connectivity index (χ3n) is 3.68. The molecule has 3 aromatic heterocycles. The van der Waals surface area contributed by atoms with Crippen molar-refractivity contribution in [2.75, 3.05) is 12.4 Å². The van der Waals surface area contributed by atoms with Crippen LogP contribution in [0.15, 0.2) is 48.0 Å². The van der Waals surface area contributed by atoms with E-state index in [0.29, 0.717) is 0 Å². The van der Waals surface area contributed by atoms with E-state index in [4.69, 9.17) is 0 Å². The summed E-state index contributed by atoms with van der Waals surface area (Å²) in [7, 11) is 1.87. The lowest BCUT2D eigenvalue weighted by atomic mass is 10.1. The van der Waals surface area contributed by atoms with Crippen LogP contribution in [0.1, 0.15) is 5.69 Å². The van der Waals surface area contributed by atoms with Crippen molar-refractivity contribution in [1.82, 2.24) is 19.7 Å². The van der Waals surface area contributed by atoms with Gasteiger partial charge in [-0.2, -0.15) is 0 Å². The molecule has 0 aliphatic heterocycles. The summed E-state index contributed by atoms with van der Waals surface area (Å²) in [6.45, 7) is 1.98. The molecule has 1 aromatic carbocycles. The predicted octanol–water partition coefficient (Wildman–Crippen LogP) is 3.89. The van der Waals surface area contributed by atoms with E-state index in [2.05, 4.69) is 32.5 Å². The van der Waals surface area contributed by atoms with E-state index in [9.17, 15) is 0 Å². The van der Waals surface area contributed by atoms with Gasteiger partial charge in [0.15, 0.2) is 5.82 Å². The minimum Gasteiger partial charge on any atom is -0.372 e. The van der Waals surface area contributed by atoms with E-state index in [0.717, 1.165) is 34.1 Å². The minimum absolute atomic E-state index is 0.811. The van der Waals surface area contributed by atoms with Crippen molar-refractivity contribution >= 4 is 27.4 Å². The zero-order valence-corrected chi connectivity index (χ0v) is 13.6. The van der Waals surface area contributed by atoms with Crippen LogP contribution < -0.4 is 5.32 Å². The molecule has 0 radical (unpaired) electrons. The van der Waals surface area contributed by atoms with Gasteiger partial charge in [0.25, 0.3) is 0 Å². The SMILES string of the molecule is CNc1cc(-c2ccc3ncsc3c2)n(-c2cccc(C)n2)n1. The molecule has 4 rings (SSSR count). The molecule has 0 fully saturated rings. The number of anilines is 1. The number of rotatable bonds is 3. The van der Waals surface area contributed by atoms with Crippen molar-refractivity contribution in [2.45, 2.75) is 6.92 Å². The van der Waals surface area contributed by atoms with Crippen molar-refractivity contribution in [3.8, 4) is 17.1 Å². The largest absolute Gasteiger partial charge is 0.372 e. The lowest BCUT2D eigenvalue weighted by Gasteiger charge is -2.07. The van der Waals surface area contributed by atoms with Gasteiger partial charge in [-0.15, -0.1) is 16.4 Å². The summed E-state index contributed by atoms with van der Waals surface area (Å²) < 4.78 is 3.04. The number of benzene rings is 1. The molecule has 4 aromatic rings. The highest BCUT2D eigenvalue weighted by molar-refractivity contribution is 7.16. The Morgan fingerprint density at radius 2 is 2.04 bits per heavy atom. The standard InChI is InChI=1S/C17H15N5S/c1-11-4-3-5-17(20-11)22-14(9-16(18-2)21-22)12-6-7-13-15(8-12)23-10-19-13/h3-10H,1-2H3,(H,18,21). The molecule has 0 amide bonds. The second-order valence-electron chi connectivity index (χ2n) is 5.25. The average Bonchev–Trinajstić information content (AvgIpc) is 3.20. The number of pyridine rings is 1. The molecule has 0 aliphatic rings. The van der Waals surface area contributed by atoms with Crippen LogP contribution in [0.25, 0.3) is 27.3 Å². The summed E-state index contributed by atoms with van der Waals surface area (Å²) in [6.07, 6.45) is 0. The molecule has 3 heterocycles. The van der Waals surface area contributed by atoms with Crippen LogP contribution in [0.3, 0.4) is 0 Å². The first-order valence-corrected chi connectivity index (χ1v) is 8.18. The van der Waals surface area contributed by atoms with E-state index in [-0.39, 0.29) is 0 Å². The van der Waals surface area contributed by atoms with Crippen molar-refractivity contribution in [1.29, 1.82) is 0 Å². The summed E-state index contributed by atoms with van der Waals surface area (Å²) >= 11 is 1.64. The Kier molecular flexibility index (Phi) is 3.31. The monoisotopic (exact) mass is 321 g/mol. The fourth-order valence-corrected chi connectivity index (χ4v) is 3.26. The zero-order chi connectivity index (χ0) is 15.8. The maximum absolute atomic E-state index is 4.61. The van der Waals surface area contributed by atoms with Crippen molar-refractivity contribution in [3.63, 3.8) is 0 Å². The summed E-state index contributed by atoms with van der Waals surface area (Å²) in [5.41, 5.74) is 5.95. The van der Waals surface area contributed by atoms with E-state index in [1.54, 1.807) is 11.3 Å². The molecular formula is C17H15N5S. The van der Waals surface area contributed by atoms with Crippen LogP contribution in [-0.4, -0.2) is 26.8 Å². The highest BCUT2D eigenvalue weighted by Gasteiger charge is 2.13. The molecule has 23 heavy (non-hydrogen) atoms. The lowest BCUT2D eigenvalue weighted by molar-refractivity contribution is 0.850. The van der Waals surface area contributed by atoms with Gasteiger partial charge in [-0.3, -0.25) is 0 Å². The van der Waals surface area contributed by atoms with E-state index >= 15 is 0 Å². The van der Waals surface area contributed by atoms with E-state index in [1.807, 2.05) is 54.5 Å². The first kappa shape index (κ1) is 13.9. The second-order valence-corrected chi connectivity index (χ2v) is 6.13. The predicted molar refractivity (Wildman–Crippen MR) is 94.3 cm³/mol. The fourth-order valence-electron chi connectivity index (χ4n) is 2.54. The van der Waals surface area contributed by atoms with E-state index in [1.165, 1.54) is 4.70 Å². The maximum atomic E-state index is 4.61. The molecule has 0 bridgehead atoms. The number of aryl methyl sites for hydroxylation is 1. The normalized spacial score (nSPS) is 11.0. The third-order valence-corrected chi connectivity index (χ3v) is 4.47. The molecule has 6 heteroatoms. The molecule has 1 N–H and O–H groups in total. The second kappa shape index (κ2) is 5.48. The Labute approximate surface area is 137 Å². The third kappa shape index (κ3) is 2.47. The first-order chi connectivity index (χ1) is 11.2. The Morgan fingerprint density at radius 1 is 1.13 bits per heavy atom. The molecule has 114 valence electrons. The molecular weight excluding hydrogens is 306 g/mol. The number of thiazole rings is 1. The van der Waals surface area contributed by atoms with Crippen LogP contribution in [0, 0.1) is 6.92 Å². The summed E-state index contributed by atoms with van der Waals surface area (Å²) in [5, 5.41) is 7.72. The minimum atomic E-state index is 0.811. The van der Waals surface area contributed by atoms with Gasteiger partial charge in [0.05, 0.1) is 21.4 Å². The number of hydrogen-bond acceptors (Lipinski definition) is 5. The quantitative estimate of drug-likeness (QED) is 0.622. The average molecular weight is 321 g/mol. The fraction of sp³-hybridized carbons (Fsp3) is 0.118. The van der Waals surface area contributed by atoms with Crippen LogP contribution in [0.4, 0.5) is 5.82 Å². The Hall–Kier alpha value is -2.73. The Balaban J connectivity index is 1.91. The summed E-state index contributed by atoms with van der Waals surface area (Å²) in [5.74, 6) is 1.62. The van der Waals surface area contributed by atoms with Gasteiger partial charge < -0.3 is 5.32 Å². The lowest BCUT2D eigenvalue weighted by Crippen LogP contribution is -2.03. The van der Waals surface area contributed by atoms with Gasteiger partial charge in [-0.25, -0.2) is 14.6 Å². The number of fused-ring (bicyclic) bond motifs is 1. The molecule has 0 saturated carbocycles. The van der Waals surface area contributed by atoms with Gasteiger partial charge in [0.1, 0.15) is 5.82 Å². The molecule has 0 spiro atoms. The maximum Gasteiger partial charge on any atom is 0.154 e. The van der Waals surface area contributed by atoms with Crippen LogP contribution in [0.5, 0.6) is 0 Å². The smallest absolute Gasteiger partial charge is 0.154 e. The highest BCUT2D eigenvalue weighted by Crippen LogP contribution is 2.29. The van der Waals surface area contributed by atoms with Gasteiger partial charge in [-0.1, -0.05) is 12.1 Å². The number of nitrogens with zero attached hydrogens (tertiary/aromatic N) is 4. The van der Waals surface area contributed by atoms with Crippen LogP contribution >= 0.6 is 11.3 Å². The van der Waals surface area contributed by atoms with Gasteiger partial charge in [0, 0.05) is 24.4 Å². The van der Waals surface area contributed by atoms with E-state index < -0.39 is 0 Å². The van der Waals surface area contributed by atoms with Crippen LogP contribution in [-0.2, 0) is 0 Å². The number of aromatic nitrogens is 4. The van der Waals surface area contributed by atoms with Crippen LogP contribution in [0.2, 0.25) is 0 Å². The molecule has 0 unspecified atom stereocenters. The van der Waals surface area contributed by atoms with Gasteiger partial charge >= 0.3 is 0 Å². The number of nitrogens with one attached hydrogen (secondary N) is 1. The summed E-state index contributed by atoms with van der Waals surface area (Å²) in [6, 6.07) is 14.2. The van der Waals surface area contributed by atoms with Crippen molar-refractivity contribution < 1.29 is 0 Å². The molecule has 0 atom stereocenters. The van der Waals surface area contributed by atoms with Crippen molar-refractivity contribution in [3.05, 3.63) is 53.7 Å². The molecule has 0 aliphatic carbocycles. The Bertz CT molecular complexity index is 985. The first-order valence-electron chi connectivity index (χ1n) is 7.30. The molecule has 5 nitrogen and oxygen atoms in total. The number of hydrogen-bond donors (Lipinski definition) is 1. The zero-order valence-electron chi connectivity index (χ0n) is 12.8. The topological polar surface area (TPSA) is 55.6 Å². The van der Waals surface area contributed by atoms with Gasteiger partial charge in [-0.05, 0) is 31.2 Å². The van der Waals surface area contributed by atoms with Crippen molar-refractivity contribution in [2.24, 2.45) is 0 Å². The molecule has 0 saturated heterocycles. The highest BCUT2D eigenvalue weighted by atomic mass is 32.1. The Morgan fingerprint density at radius 3 is 2.87 bits per heavy atom.